The third-order valence-electron chi connectivity index (χ3n) is 4.53. The number of aromatic hydroxyl groups is 1. The van der Waals surface area contributed by atoms with E-state index < -0.39 is 5.91 Å². The van der Waals surface area contributed by atoms with Gasteiger partial charge in [0.15, 0.2) is 5.69 Å². The van der Waals surface area contributed by atoms with Crippen molar-refractivity contribution in [1.82, 2.24) is 4.98 Å². The Labute approximate surface area is 176 Å². The maximum atomic E-state index is 12.1. The summed E-state index contributed by atoms with van der Waals surface area (Å²) in [6, 6.07) is 9.44. The lowest BCUT2D eigenvalue weighted by molar-refractivity contribution is -0.122. The summed E-state index contributed by atoms with van der Waals surface area (Å²) < 4.78 is 0.890. The van der Waals surface area contributed by atoms with Gasteiger partial charge < -0.3 is 15.4 Å². The van der Waals surface area contributed by atoms with Crippen molar-refractivity contribution in [2.24, 2.45) is 10.2 Å². The zero-order valence-electron chi connectivity index (χ0n) is 16.3. The maximum absolute atomic E-state index is 12.1. The Kier molecular flexibility index (Phi) is 6.12. The number of nitrogens with one attached hydrogen (secondary N) is 2. The first-order chi connectivity index (χ1) is 13.7. The first kappa shape index (κ1) is 20.7. The summed E-state index contributed by atoms with van der Waals surface area (Å²) >= 11 is 3.43. The topological polar surface area (TPSA) is 107 Å². The minimum absolute atomic E-state index is 0.00282. The van der Waals surface area contributed by atoms with Gasteiger partial charge in [-0.05, 0) is 55.7 Å². The summed E-state index contributed by atoms with van der Waals surface area (Å²) in [5, 5.41) is 21.1. The second-order valence-corrected chi connectivity index (χ2v) is 7.78. The molecule has 0 aliphatic heterocycles. The van der Waals surface area contributed by atoms with Gasteiger partial charge in [-0.25, -0.2) is 0 Å². The quantitative estimate of drug-likeness (QED) is 0.435. The highest BCUT2D eigenvalue weighted by atomic mass is 79.9. The number of aryl methyl sites for hydroxylation is 3. The highest BCUT2D eigenvalue weighted by Crippen LogP contribution is 2.37. The van der Waals surface area contributed by atoms with Crippen LogP contribution in [0.15, 0.2) is 45.0 Å². The Morgan fingerprint density at radius 2 is 1.86 bits per heavy atom. The van der Waals surface area contributed by atoms with Gasteiger partial charge >= 0.3 is 0 Å². The number of nitrogens with zero attached hydrogens (tertiary/aromatic N) is 2. The molecule has 29 heavy (non-hydrogen) atoms. The number of fused-ring (bicyclic) bond motifs is 1. The van der Waals surface area contributed by atoms with Crippen molar-refractivity contribution in [1.29, 1.82) is 0 Å². The van der Waals surface area contributed by atoms with Gasteiger partial charge in [0.2, 0.25) is 11.8 Å². The van der Waals surface area contributed by atoms with Crippen molar-refractivity contribution in [3.05, 3.63) is 51.5 Å². The molecule has 1 aromatic heterocycles. The standard InChI is InChI=1S/C21H21BrN4O3/c1-11-4-5-12(2)16(8-11)23-18(27)6-7-19(28)25-26-20-14-9-13(3)15(22)10-17(14)24-21(20)29/h4-5,8-10,24,29H,6-7H2,1-3H3,(H,23,27). The lowest BCUT2D eigenvalue weighted by atomic mass is 10.1. The van der Waals surface area contributed by atoms with Gasteiger partial charge in [-0.15, -0.1) is 10.2 Å². The second kappa shape index (κ2) is 8.57. The lowest BCUT2D eigenvalue weighted by Gasteiger charge is -2.08. The second-order valence-electron chi connectivity index (χ2n) is 6.93. The normalized spacial score (nSPS) is 11.3. The number of carbonyl (C=O) groups is 2. The van der Waals surface area contributed by atoms with Crippen molar-refractivity contribution in [2.45, 2.75) is 33.6 Å². The van der Waals surface area contributed by atoms with Crippen LogP contribution in [-0.2, 0) is 9.59 Å². The zero-order chi connectivity index (χ0) is 21.1. The molecule has 0 atom stereocenters. The van der Waals surface area contributed by atoms with Crippen LogP contribution in [0.5, 0.6) is 5.88 Å². The van der Waals surface area contributed by atoms with Crippen LogP contribution in [0.25, 0.3) is 10.9 Å². The Hall–Kier alpha value is -3.00. The van der Waals surface area contributed by atoms with Crippen molar-refractivity contribution >= 4 is 50.0 Å². The fraction of sp³-hybridized carbons (Fsp3) is 0.238. The molecule has 0 bridgehead atoms. The summed E-state index contributed by atoms with van der Waals surface area (Å²) in [5.41, 5.74) is 4.55. The summed E-state index contributed by atoms with van der Waals surface area (Å²) in [5.74, 6) is -0.969. The van der Waals surface area contributed by atoms with E-state index in [-0.39, 0.29) is 30.3 Å². The van der Waals surface area contributed by atoms with Crippen LogP contribution in [-0.4, -0.2) is 21.9 Å². The predicted molar refractivity (Wildman–Crippen MR) is 116 cm³/mol. The van der Waals surface area contributed by atoms with E-state index in [1.165, 1.54) is 0 Å². The number of benzene rings is 2. The Morgan fingerprint density at radius 1 is 1.10 bits per heavy atom. The molecule has 3 rings (SSSR count). The number of amides is 2. The molecule has 8 heteroatoms. The number of rotatable bonds is 5. The maximum Gasteiger partial charge on any atom is 0.265 e. The van der Waals surface area contributed by atoms with Gasteiger partial charge in [0.05, 0.1) is 5.52 Å². The highest BCUT2D eigenvalue weighted by Gasteiger charge is 2.13. The third-order valence-corrected chi connectivity index (χ3v) is 5.38. The van der Waals surface area contributed by atoms with Gasteiger partial charge in [0.25, 0.3) is 5.91 Å². The largest absolute Gasteiger partial charge is 0.493 e. The van der Waals surface area contributed by atoms with Gasteiger partial charge in [0, 0.05) is 28.4 Å². The summed E-state index contributed by atoms with van der Waals surface area (Å²) in [7, 11) is 0. The number of aromatic amines is 1. The van der Waals surface area contributed by atoms with Gasteiger partial charge in [-0.3, -0.25) is 9.59 Å². The number of halogens is 1. The third kappa shape index (κ3) is 4.89. The molecule has 0 fully saturated rings. The summed E-state index contributed by atoms with van der Waals surface area (Å²) in [6.45, 7) is 5.76. The van der Waals surface area contributed by atoms with E-state index >= 15 is 0 Å². The molecule has 7 nitrogen and oxygen atoms in total. The minimum Gasteiger partial charge on any atom is -0.493 e. The summed E-state index contributed by atoms with van der Waals surface area (Å²) in [6.07, 6.45) is -0.0783. The van der Waals surface area contributed by atoms with Crippen LogP contribution in [0.1, 0.15) is 29.5 Å². The van der Waals surface area contributed by atoms with E-state index in [9.17, 15) is 14.7 Å². The molecule has 0 saturated heterocycles. The molecule has 0 unspecified atom stereocenters. The Balaban J connectivity index is 1.64. The molecule has 0 radical (unpaired) electrons. The molecular formula is C21H21BrN4O3. The average Bonchev–Trinajstić information content (AvgIpc) is 2.96. The van der Waals surface area contributed by atoms with Crippen molar-refractivity contribution in [3.63, 3.8) is 0 Å². The van der Waals surface area contributed by atoms with Crippen LogP contribution < -0.4 is 5.32 Å². The van der Waals surface area contributed by atoms with Crippen molar-refractivity contribution in [3.8, 4) is 5.88 Å². The van der Waals surface area contributed by atoms with E-state index in [4.69, 9.17) is 0 Å². The molecular weight excluding hydrogens is 436 g/mol. The summed E-state index contributed by atoms with van der Waals surface area (Å²) in [4.78, 5) is 27.0. The monoisotopic (exact) mass is 456 g/mol. The SMILES string of the molecule is Cc1ccc(C)c(NC(=O)CCC(=O)N=Nc2c(O)[nH]c3cc(Br)c(C)cc23)c1. The van der Waals surface area contributed by atoms with E-state index in [1.54, 1.807) is 0 Å². The lowest BCUT2D eigenvalue weighted by Crippen LogP contribution is -2.13. The minimum atomic E-state index is -0.538. The van der Waals surface area contributed by atoms with Gasteiger partial charge in [-0.2, -0.15) is 0 Å². The first-order valence-corrected chi connectivity index (χ1v) is 9.86. The number of hydrogen-bond donors (Lipinski definition) is 3. The smallest absolute Gasteiger partial charge is 0.265 e. The first-order valence-electron chi connectivity index (χ1n) is 9.07. The molecule has 0 aliphatic carbocycles. The molecule has 3 N–H and O–H groups in total. The number of aromatic nitrogens is 1. The number of carbonyl (C=O) groups excluding carboxylic acids is 2. The molecule has 0 saturated carbocycles. The van der Waals surface area contributed by atoms with Gasteiger partial charge in [0.1, 0.15) is 0 Å². The van der Waals surface area contributed by atoms with E-state index in [0.717, 1.165) is 26.9 Å². The molecule has 2 amide bonds. The molecule has 3 aromatic rings. The van der Waals surface area contributed by atoms with Crippen LogP contribution in [0, 0.1) is 20.8 Å². The van der Waals surface area contributed by atoms with E-state index in [0.29, 0.717) is 10.9 Å². The fourth-order valence-corrected chi connectivity index (χ4v) is 3.20. The molecule has 0 spiro atoms. The Morgan fingerprint density at radius 3 is 2.62 bits per heavy atom. The van der Waals surface area contributed by atoms with Crippen LogP contribution in [0.4, 0.5) is 11.4 Å². The Bertz CT molecular complexity index is 1130. The van der Waals surface area contributed by atoms with E-state index in [1.807, 2.05) is 51.1 Å². The average molecular weight is 457 g/mol. The number of H-pyrrole nitrogens is 1. The van der Waals surface area contributed by atoms with Crippen LogP contribution >= 0.6 is 15.9 Å². The molecule has 1 heterocycles. The molecule has 150 valence electrons. The zero-order valence-corrected chi connectivity index (χ0v) is 17.9. The highest BCUT2D eigenvalue weighted by molar-refractivity contribution is 9.10. The number of azo groups is 1. The molecule has 0 aliphatic rings. The van der Waals surface area contributed by atoms with Crippen LogP contribution in [0.2, 0.25) is 0 Å². The van der Waals surface area contributed by atoms with E-state index in [2.05, 4.69) is 36.5 Å². The predicted octanol–water partition coefficient (Wildman–Crippen LogP) is 5.59. The number of hydrogen-bond acceptors (Lipinski definition) is 4. The van der Waals surface area contributed by atoms with Crippen LogP contribution in [0.3, 0.4) is 0 Å². The fourth-order valence-electron chi connectivity index (χ4n) is 2.86. The van der Waals surface area contributed by atoms with Gasteiger partial charge in [-0.1, -0.05) is 28.1 Å². The van der Waals surface area contributed by atoms with Crippen molar-refractivity contribution < 1.29 is 14.7 Å². The van der Waals surface area contributed by atoms with Crippen molar-refractivity contribution in [2.75, 3.05) is 5.32 Å². The molecule has 2 aromatic carbocycles. The number of anilines is 1.